The van der Waals surface area contributed by atoms with Crippen LogP contribution in [0.1, 0.15) is 55.8 Å². The van der Waals surface area contributed by atoms with E-state index in [-0.39, 0.29) is 11.3 Å². The van der Waals surface area contributed by atoms with Crippen LogP contribution in [0.5, 0.6) is 0 Å². The highest BCUT2D eigenvalue weighted by Crippen LogP contribution is 2.27. The molecule has 0 saturated carbocycles. The zero-order chi connectivity index (χ0) is 19.3. The minimum Gasteiger partial charge on any atom is -0.355 e. The number of rotatable bonds is 7. The van der Waals surface area contributed by atoms with Gasteiger partial charge in [0, 0.05) is 13.0 Å². The number of carbonyl (C=O) groups is 1. The maximum absolute atomic E-state index is 12.0. The standard InChI is InChI=1S/C20H30N4OS/c1-7-17-22-19(24-23-17)26-12-18(25)21-9-8-16-13(2)10-15(11-14(16)3)20(4,5)6/h10-11H,7-9,12H2,1-6H3,(H,21,25)(H,22,23,24). The first kappa shape index (κ1) is 20.5. The Balaban J connectivity index is 1.84. The molecule has 0 unspecified atom stereocenters. The fourth-order valence-corrected chi connectivity index (χ4v) is 3.48. The van der Waals surface area contributed by atoms with Crippen LogP contribution in [0.15, 0.2) is 17.3 Å². The second kappa shape index (κ2) is 8.71. The van der Waals surface area contributed by atoms with Gasteiger partial charge in [0.25, 0.3) is 0 Å². The third kappa shape index (κ3) is 5.59. The summed E-state index contributed by atoms with van der Waals surface area (Å²) in [7, 11) is 0. The summed E-state index contributed by atoms with van der Waals surface area (Å²) in [5.41, 5.74) is 5.43. The van der Waals surface area contributed by atoms with Crippen molar-refractivity contribution in [1.29, 1.82) is 0 Å². The third-order valence-corrected chi connectivity index (χ3v) is 5.28. The molecule has 0 aliphatic rings. The summed E-state index contributed by atoms with van der Waals surface area (Å²) in [6.07, 6.45) is 1.66. The highest BCUT2D eigenvalue weighted by molar-refractivity contribution is 7.99. The van der Waals surface area contributed by atoms with E-state index in [1.54, 1.807) is 0 Å². The van der Waals surface area contributed by atoms with E-state index >= 15 is 0 Å². The molecule has 0 saturated heterocycles. The molecule has 1 aromatic carbocycles. The number of thioether (sulfide) groups is 1. The van der Waals surface area contributed by atoms with Crippen LogP contribution in [-0.2, 0) is 23.1 Å². The molecular weight excluding hydrogens is 344 g/mol. The fraction of sp³-hybridized carbons (Fsp3) is 0.550. The zero-order valence-electron chi connectivity index (χ0n) is 16.7. The first-order valence-electron chi connectivity index (χ1n) is 9.12. The minimum atomic E-state index is 0.0134. The summed E-state index contributed by atoms with van der Waals surface area (Å²) < 4.78 is 0. The van der Waals surface area contributed by atoms with Crippen LogP contribution in [-0.4, -0.2) is 33.4 Å². The van der Waals surface area contributed by atoms with Crippen LogP contribution in [0.3, 0.4) is 0 Å². The molecule has 2 N–H and O–H groups in total. The number of hydrogen-bond donors (Lipinski definition) is 2. The Kier molecular flexibility index (Phi) is 6.87. The van der Waals surface area contributed by atoms with E-state index in [1.165, 1.54) is 34.0 Å². The number of aryl methyl sites for hydroxylation is 3. The molecule has 0 aliphatic carbocycles. The Hall–Kier alpha value is -1.82. The Morgan fingerprint density at radius 3 is 2.42 bits per heavy atom. The summed E-state index contributed by atoms with van der Waals surface area (Å²) in [4.78, 5) is 16.3. The van der Waals surface area contributed by atoms with Crippen LogP contribution >= 0.6 is 11.8 Å². The molecule has 142 valence electrons. The fourth-order valence-electron chi connectivity index (χ4n) is 2.83. The van der Waals surface area contributed by atoms with Gasteiger partial charge in [-0.15, -0.1) is 5.10 Å². The predicted octanol–water partition coefficient (Wildman–Crippen LogP) is 3.73. The summed E-state index contributed by atoms with van der Waals surface area (Å²) in [6.45, 7) is 13.7. The second-order valence-corrected chi connectivity index (χ2v) is 8.59. The van der Waals surface area contributed by atoms with Gasteiger partial charge in [0.1, 0.15) is 5.82 Å². The molecule has 0 bridgehead atoms. The van der Waals surface area contributed by atoms with Crippen LogP contribution in [0, 0.1) is 13.8 Å². The molecule has 0 spiro atoms. The van der Waals surface area contributed by atoms with Gasteiger partial charge >= 0.3 is 0 Å². The quantitative estimate of drug-likeness (QED) is 0.725. The molecule has 1 amide bonds. The van der Waals surface area contributed by atoms with Crippen LogP contribution in [0.2, 0.25) is 0 Å². The first-order chi connectivity index (χ1) is 12.2. The van der Waals surface area contributed by atoms with E-state index in [1.807, 2.05) is 6.92 Å². The molecule has 6 heteroatoms. The molecule has 2 rings (SSSR count). The van der Waals surface area contributed by atoms with Crippen molar-refractivity contribution in [3.8, 4) is 0 Å². The molecule has 0 fully saturated rings. The molecular formula is C20H30N4OS. The van der Waals surface area contributed by atoms with Gasteiger partial charge in [-0.2, -0.15) is 0 Å². The molecule has 5 nitrogen and oxygen atoms in total. The monoisotopic (exact) mass is 374 g/mol. The molecule has 0 atom stereocenters. The maximum atomic E-state index is 12.0. The number of hydrogen-bond acceptors (Lipinski definition) is 4. The van der Waals surface area contributed by atoms with E-state index in [4.69, 9.17) is 0 Å². The summed E-state index contributed by atoms with van der Waals surface area (Å²) >= 11 is 1.36. The van der Waals surface area contributed by atoms with Gasteiger partial charge in [-0.05, 0) is 47.9 Å². The van der Waals surface area contributed by atoms with E-state index < -0.39 is 0 Å². The first-order valence-corrected chi connectivity index (χ1v) is 10.1. The van der Waals surface area contributed by atoms with Crippen LogP contribution < -0.4 is 5.32 Å². The topological polar surface area (TPSA) is 70.7 Å². The highest BCUT2D eigenvalue weighted by atomic mass is 32.2. The largest absolute Gasteiger partial charge is 0.355 e. The predicted molar refractivity (Wildman–Crippen MR) is 108 cm³/mol. The van der Waals surface area contributed by atoms with Crippen molar-refractivity contribution in [3.63, 3.8) is 0 Å². The number of benzene rings is 1. The average Bonchev–Trinajstić information content (AvgIpc) is 3.02. The Labute approximate surface area is 160 Å². The number of H-pyrrole nitrogens is 1. The zero-order valence-corrected chi connectivity index (χ0v) is 17.5. The van der Waals surface area contributed by atoms with E-state index in [0.717, 1.165) is 18.7 Å². The van der Waals surface area contributed by atoms with E-state index in [2.05, 4.69) is 67.2 Å². The van der Waals surface area contributed by atoms with Gasteiger partial charge in [0.05, 0.1) is 5.75 Å². The molecule has 2 aromatic rings. The van der Waals surface area contributed by atoms with E-state index in [0.29, 0.717) is 17.5 Å². The molecule has 26 heavy (non-hydrogen) atoms. The Morgan fingerprint density at radius 1 is 1.23 bits per heavy atom. The third-order valence-electron chi connectivity index (χ3n) is 4.44. The maximum Gasteiger partial charge on any atom is 0.230 e. The van der Waals surface area contributed by atoms with Crippen molar-refractivity contribution in [2.24, 2.45) is 0 Å². The molecule has 0 aliphatic heterocycles. The summed E-state index contributed by atoms with van der Waals surface area (Å²) in [6, 6.07) is 4.54. The number of nitrogens with zero attached hydrogens (tertiary/aromatic N) is 2. The number of carbonyl (C=O) groups excluding carboxylic acids is 1. The van der Waals surface area contributed by atoms with Crippen molar-refractivity contribution in [2.75, 3.05) is 12.3 Å². The van der Waals surface area contributed by atoms with Crippen molar-refractivity contribution >= 4 is 17.7 Å². The van der Waals surface area contributed by atoms with Gasteiger partial charge in [-0.3, -0.25) is 9.89 Å². The molecule has 0 radical (unpaired) electrons. The minimum absolute atomic E-state index is 0.0134. The SMILES string of the molecule is CCc1nc(SCC(=O)NCCc2c(C)cc(C(C)(C)C)cc2C)n[nH]1. The lowest BCUT2D eigenvalue weighted by atomic mass is 9.83. The van der Waals surface area contributed by atoms with Gasteiger partial charge in [0.2, 0.25) is 11.1 Å². The van der Waals surface area contributed by atoms with Crippen molar-refractivity contribution < 1.29 is 4.79 Å². The lowest BCUT2D eigenvalue weighted by Gasteiger charge is -2.22. The normalized spacial score (nSPS) is 11.6. The number of aromatic amines is 1. The van der Waals surface area contributed by atoms with Gasteiger partial charge < -0.3 is 5.32 Å². The van der Waals surface area contributed by atoms with Crippen molar-refractivity contribution in [2.45, 2.75) is 65.0 Å². The summed E-state index contributed by atoms with van der Waals surface area (Å²) in [5.74, 6) is 1.19. The van der Waals surface area contributed by atoms with Crippen molar-refractivity contribution in [3.05, 3.63) is 40.2 Å². The lowest BCUT2D eigenvalue weighted by molar-refractivity contribution is -0.118. The smallest absolute Gasteiger partial charge is 0.230 e. The number of aromatic nitrogens is 3. The van der Waals surface area contributed by atoms with E-state index in [9.17, 15) is 4.79 Å². The Bertz CT molecular complexity index is 738. The van der Waals surface area contributed by atoms with Crippen LogP contribution in [0.25, 0.3) is 0 Å². The average molecular weight is 375 g/mol. The Morgan fingerprint density at radius 2 is 1.88 bits per heavy atom. The number of nitrogens with one attached hydrogen (secondary N) is 2. The number of amides is 1. The van der Waals surface area contributed by atoms with Gasteiger partial charge in [-0.1, -0.05) is 51.6 Å². The lowest BCUT2D eigenvalue weighted by Crippen LogP contribution is -2.27. The van der Waals surface area contributed by atoms with Gasteiger partial charge in [-0.25, -0.2) is 4.98 Å². The highest BCUT2D eigenvalue weighted by Gasteiger charge is 2.16. The molecule has 1 heterocycles. The molecule has 1 aromatic heterocycles. The van der Waals surface area contributed by atoms with Crippen LogP contribution in [0.4, 0.5) is 0 Å². The summed E-state index contributed by atoms with van der Waals surface area (Å²) in [5, 5.41) is 10.6. The van der Waals surface area contributed by atoms with Crippen molar-refractivity contribution in [1.82, 2.24) is 20.5 Å². The second-order valence-electron chi connectivity index (χ2n) is 7.65. The van der Waals surface area contributed by atoms with Gasteiger partial charge in [0.15, 0.2) is 0 Å².